The lowest BCUT2D eigenvalue weighted by atomic mass is 10.2. The summed E-state index contributed by atoms with van der Waals surface area (Å²) in [5, 5.41) is 2.69. The third-order valence-electron chi connectivity index (χ3n) is 3.35. The number of nitrogens with zero attached hydrogens (tertiary/aromatic N) is 1. The molecule has 1 heterocycles. The van der Waals surface area contributed by atoms with E-state index in [9.17, 15) is 9.59 Å². The van der Waals surface area contributed by atoms with Gasteiger partial charge in [-0.3, -0.25) is 4.79 Å². The van der Waals surface area contributed by atoms with E-state index in [-0.39, 0.29) is 10.7 Å². The first kappa shape index (κ1) is 20.0. The summed E-state index contributed by atoms with van der Waals surface area (Å²) >= 11 is 9.21. The standard InChI is InChI=1S/C17H16BrClN2O5/c1-9(16(22)21-11-5-4-6-20-15(11)19)26-17(23)10-7-12(24-2)14(18)13(8-10)25-3/h4-9H,1-3H3,(H,21,22). The molecule has 7 nitrogen and oxygen atoms in total. The predicted molar refractivity (Wildman–Crippen MR) is 100 cm³/mol. The first-order valence-electron chi connectivity index (χ1n) is 7.41. The van der Waals surface area contributed by atoms with Gasteiger partial charge in [0.15, 0.2) is 11.3 Å². The van der Waals surface area contributed by atoms with E-state index in [2.05, 4.69) is 26.2 Å². The Morgan fingerprint density at radius 1 is 1.23 bits per heavy atom. The number of aromatic nitrogens is 1. The molecule has 1 amide bonds. The van der Waals surface area contributed by atoms with Gasteiger partial charge in [-0.1, -0.05) is 11.6 Å². The van der Waals surface area contributed by atoms with Crippen LogP contribution in [0, 0.1) is 0 Å². The number of pyridine rings is 1. The van der Waals surface area contributed by atoms with Crippen molar-refractivity contribution in [3.63, 3.8) is 0 Å². The first-order valence-corrected chi connectivity index (χ1v) is 8.58. The molecule has 0 bridgehead atoms. The Bertz CT molecular complexity index is 806. The van der Waals surface area contributed by atoms with Crippen LogP contribution in [-0.2, 0) is 9.53 Å². The van der Waals surface area contributed by atoms with Crippen LogP contribution in [0.25, 0.3) is 0 Å². The van der Waals surface area contributed by atoms with Crippen molar-refractivity contribution < 1.29 is 23.8 Å². The quantitative estimate of drug-likeness (QED) is 0.541. The number of anilines is 1. The second-order valence-electron chi connectivity index (χ2n) is 5.07. The topological polar surface area (TPSA) is 86.8 Å². The Morgan fingerprint density at radius 2 is 1.85 bits per heavy atom. The van der Waals surface area contributed by atoms with E-state index in [0.29, 0.717) is 21.7 Å². The summed E-state index contributed by atoms with van der Waals surface area (Å²) in [5.41, 5.74) is 0.509. The number of hydrogen-bond donors (Lipinski definition) is 1. The van der Waals surface area contributed by atoms with Crippen molar-refractivity contribution in [1.82, 2.24) is 4.98 Å². The van der Waals surface area contributed by atoms with E-state index in [0.717, 1.165) is 0 Å². The van der Waals surface area contributed by atoms with Crippen LogP contribution in [0.2, 0.25) is 5.15 Å². The maximum absolute atomic E-state index is 12.4. The number of carbonyl (C=O) groups excluding carboxylic acids is 2. The normalized spacial score (nSPS) is 11.4. The molecule has 1 unspecified atom stereocenters. The van der Waals surface area contributed by atoms with Gasteiger partial charge in [-0.2, -0.15) is 0 Å². The minimum atomic E-state index is -1.06. The highest BCUT2D eigenvalue weighted by Crippen LogP contribution is 2.35. The molecule has 138 valence electrons. The zero-order valence-electron chi connectivity index (χ0n) is 14.2. The minimum absolute atomic E-state index is 0.141. The fourth-order valence-electron chi connectivity index (χ4n) is 1.98. The van der Waals surface area contributed by atoms with Gasteiger partial charge >= 0.3 is 5.97 Å². The van der Waals surface area contributed by atoms with Gasteiger partial charge < -0.3 is 19.5 Å². The second kappa shape index (κ2) is 8.86. The fourth-order valence-corrected chi connectivity index (χ4v) is 2.70. The van der Waals surface area contributed by atoms with Crippen molar-refractivity contribution in [2.24, 2.45) is 0 Å². The average molecular weight is 444 g/mol. The van der Waals surface area contributed by atoms with Crippen molar-refractivity contribution in [2.45, 2.75) is 13.0 Å². The third-order valence-corrected chi connectivity index (χ3v) is 4.43. The number of halogens is 2. The van der Waals surface area contributed by atoms with Crippen molar-refractivity contribution in [1.29, 1.82) is 0 Å². The molecule has 0 aliphatic carbocycles. The molecule has 1 aromatic heterocycles. The summed E-state index contributed by atoms with van der Waals surface area (Å²) < 4.78 is 16.1. The summed E-state index contributed by atoms with van der Waals surface area (Å²) in [7, 11) is 2.92. The number of esters is 1. The number of benzene rings is 1. The lowest BCUT2D eigenvalue weighted by Gasteiger charge is -2.15. The van der Waals surface area contributed by atoms with Crippen molar-refractivity contribution in [3.8, 4) is 11.5 Å². The van der Waals surface area contributed by atoms with Gasteiger partial charge in [0, 0.05) is 6.20 Å². The number of rotatable bonds is 6. The van der Waals surface area contributed by atoms with Crippen LogP contribution >= 0.6 is 27.5 Å². The molecule has 9 heteroatoms. The van der Waals surface area contributed by atoms with E-state index < -0.39 is 18.0 Å². The molecule has 1 N–H and O–H groups in total. The summed E-state index contributed by atoms with van der Waals surface area (Å²) in [5.74, 6) is -0.440. The van der Waals surface area contributed by atoms with E-state index >= 15 is 0 Å². The number of hydrogen-bond acceptors (Lipinski definition) is 6. The van der Waals surface area contributed by atoms with Crippen LogP contribution in [0.15, 0.2) is 34.9 Å². The Morgan fingerprint density at radius 3 is 2.38 bits per heavy atom. The van der Waals surface area contributed by atoms with Crippen LogP contribution in [0.5, 0.6) is 11.5 Å². The highest BCUT2D eigenvalue weighted by Gasteiger charge is 2.22. The van der Waals surface area contributed by atoms with Gasteiger partial charge in [-0.05, 0) is 47.1 Å². The van der Waals surface area contributed by atoms with Crippen LogP contribution in [0.1, 0.15) is 17.3 Å². The zero-order chi connectivity index (χ0) is 19.3. The molecule has 0 fully saturated rings. The van der Waals surface area contributed by atoms with E-state index in [1.54, 1.807) is 12.1 Å². The molecule has 26 heavy (non-hydrogen) atoms. The Kier molecular flexibility index (Phi) is 6.82. The highest BCUT2D eigenvalue weighted by atomic mass is 79.9. The molecule has 0 saturated carbocycles. The largest absolute Gasteiger partial charge is 0.495 e. The summed E-state index contributed by atoms with van der Waals surface area (Å²) in [4.78, 5) is 28.4. The van der Waals surface area contributed by atoms with E-state index in [1.165, 1.54) is 39.5 Å². The fraction of sp³-hybridized carbons (Fsp3) is 0.235. The molecule has 0 saturated heterocycles. The maximum Gasteiger partial charge on any atom is 0.339 e. The molecular formula is C17H16BrClN2O5. The summed E-state index contributed by atoms with van der Waals surface area (Å²) in [6.45, 7) is 1.45. The lowest BCUT2D eigenvalue weighted by Crippen LogP contribution is -2.30. The van der Waals surface area contributed by atoms with Gasteiger partial charge in [-0.15, -0.1) is 0 Å². The van der Waals surface area contributed by atoms with Gasteiger partial charge in [0.1, 0.15) is 16.0 Å². The molecule has 1 aromatic carbocycles. The highest BCUT2D eigenvalue weighted by molar-refractivity contribution is 9.10. The number of carbonyl (C=O) groups is 2. The molecular weight excluding hydrogens is 428 g/mol. The van der Waals surface area contributed by atoms with Crippen LogP contribution in [0.3, 0.4) is 0 Å². The molecule has 0 spiro atoms. The van der Waals surface area contributed by atoms with Gasteiger partial charge in [0.25, 0.3) is 5.91 Å². The van der Waals surface area contributed by atoms with Gasteiger partial charge in [0.05, 0.1) is 25.5 Å². The zero-order valence-corrected chi connectivity index (χ0v) is 16.6. The lowest BCUT2D eigenvalue weighted by molar-refractivity contribution is -0.123. The second-order valence-corrected chi connectivity index (χ2v) is 6.22. The first-order chi connectivity index (χ1) is 12.4. The molecule has 0 aliphatic heterocycles. The summed E-state index contributed by atoms with van der Waals surface area (Å²) in [6.07, 6.45) is 0.440. The van der Waals surface area contributed by atoms with Gasteiger partial charge in [-0.25, -0.2) is 9.78 Å². The molecule has 2 rings (SSSR count). The molecule has 0 aliphatic rings. The number of ether oxygens (including phenoxy) is 3. The SMILES string of the molecule is COc1cc(C(=O)OC(C)C(=O)Nc2cccnc2Cl)cc(OC)c1Br. The van der Waals surface area contributed by atoms with E-state index in [4.69, 9.17) is 25.8 Å². The summed E-state index contributed by atoms with van der Waals surface area (Å²) in [6, 6.07) is 6.18. The van der Waals surface area contributed by atoms with Crippen molar-refractivity contribution >= 4 is 45.1 Å². The predicted octanol–water partition coefficient (Wildman–Crippen LogP) is 3.70. The van der Waals surface area contributed by atoms with Crippen LogP contribution in [0.4, 0.5) is 5.69 Å². The third kappa shape index (κ3) is 4.64. The van der Waals surface area contributed by atoms with Crippen LogP contribution < -0.4 is 14.8 Å². The monoisotopic (exact) mass is 442 g/mol. The Labute approximate surface area is 163 Å². The Hall–Kier alpha value is -2.32. The molecule has 1 atom stereocenters. The average Bonchev–Trinajstić information content (AvgIpc) is 2.63. The molecule has 0 radical (unpaired) electrons. The number of methoxy groups -OCH3 is 2. The van der Waals surface area contributed by atoms with Crippen molar-refractivity contribution in [3.05, 3.63) is 45.7 Å². The van der Waals surface area contributed by atoms with E-state index in [1.807, 2.05) is 0 Å². The smallest absolute Gasteiger partial charge is 0.339 e. The molecule has 2 aromatic rings. The Balaban J connectivity index is 2.11. The number of nitrogens with one attached hydrogen (secondary N) is 1. The van der Waals surface area contributed by atoms with Crippen LogP contribution in [-0.4, -0.2) is 37.2 Å². The minimum Gasteiger partial charge on any atom is -0.495 e. The van der Waals surface area contributed by atoms with Gasteiger partial charge in [0.2, 0.25) is 0 Å². The number of amides is 1. The maximum atomic E-state index is 12.4. The van der Waals surface area contributed by atoms with Crippen molar-refractivity contribution in [2.75, 3.05) is 19.5 Å².